The number of ether oxygens (including phenoxy) is 7. The van der Waals surface area contributed by atoms with Gasteiger partial charge in [-0.3, -0.25) is 9.78 Å². The molecule has 3 aliphatic carbocycles. The number of rotatable bonds is 10. The van der Waals surface area contributed by atoms with Gasteiger partial charge in [0.15, 0.2) is 18.0 Å². The smallest absolute Gasteiger partial charge is 0.408 e. The molecular formula is C46H60FN3O13. The molecule has 3 unspecified atom stereocenters. The number of aliphatic hydroxyl groups excluding tert-OH is 1. The van der Waals surface area contributed by atoms with Crippen molar-refractivity contribution < 1.29 is 66.9 Å². The number of fused-ring (bicyclic) bond motifs is 8. The van der Waals surface area contributed by atoms with Crippen LogP contribution in [-0.4, -0.2) is 131 Å². The number of alkyl carbamates (subject to hydrolysis) is 1. The Morgan fingerprint density at radius 2 is 1.75 bits per heavy atom. The van der Waals surface area contributed by atoms with Crippen LogP contribution in [0.4, 0.5) is 9.18 Å². The van der Waals surface area contributed by atoms with Gasteiger partial charge in [0.1, 0.15) is 53.2 Å². The zero-order chi connectivity index (χ0) is 46.0. The van der Waals surface area contributed by atoms with E-state index in [-0.39, 0.29) is 12.2 Å². The first-order chi connectivity index (χ1) is 29.4. The van der Waals surface area contributed by atoms with Crippen LogP contribution in [0.1, 0.15) is 96.7 Å². The highest BCUT2D eigenvalue weighted by Gasteiger charge is 2.77. The summed E-state index contributed by atoms with van der Waals surface area (Å²) in [6.07, 6.45) is -7.45. The second-order valence-corrected chi connectivity index (χ2v) is 19.6. The number of carbonyl (C=O) groups is 4. The molecular weight excluding hydrogens is 822 g/mol. The van der Waals surface area contributed by atoms with Gasteiger partial charge in [0.25, 0.3) is 0 Å². The lowest BCUT2D eigenvalue weighted by Gasteiger charge is -2.68. The maximum atomic E-state index is 15.3. The maximum absolute atomic E-state index is 15.3. The minimum Gasteiger partial charge on any atom is -0.456 e. The topological polar surface area (TPSA) is 202 Å². The third kappa shape index (κ3) is 8.25. The summed E-state index contributed by atoms with van der Waals surface area (Å²) in [5.74, 6) is -4.55. The number of hydrogen-bond acceptors (Lipinski definition) is 15. The summed E-state index contributed by atoms with van der Waals surface area (Å²) in [7, 11) is 3.75. The van der Waals surface area contributed by atoms with Crippen molar-refractivity contribution in [2.24, 2.45) is 16.7 Å². The van der Waals surface area contributed by atoms with Crippen molar-refractivity contribution >= 4 is 24.0 Å². The van der Waals surface area contributed by atoms with Gasteiger partial charge >= 0.3 is 24.0 Å². The SMILES string of the molecule is CC(=O)O[C@@]12CO[C@@H]1CC[C@@]1(C)C3OC(CN(C)C)OC3C3=C(C)[C@@H](OC(=O)[C@H](O)[C@@H](NC(=O)OC(C)(C)C)c4ncccc4F)C[C@@](O)([C@@H](OC(=O)c4ccccc4)[C@H]21)C3(C)C. The van der Waals surface area contributed by atoms with Gasteiger partial charge in [-0.1, -0.05) is 39.0 Å². The van der Waals surface area contributed by atoms with E-state index >= 15 is 4.39 Å². The van der Waals surface area contributed by atoms with E-state index in [0.717, 1.165) is 6.07 Å². The van der Waals surface area contributed by atoms with Crippen LogP contribution in [0.5, 0.6) is 0 Å². The largest absolute Gasteiger partial charge is 0.456 e. The summed E-state index contributed by atoms with van der Waals surface area (Å²) in [5.41, 5.74) is -6.14. The number of carbonyl (C=O) groups excluding carboxylic acids is 4. The van der Waals surface area contributed by atoms with E-state index in [1.54, 1.807) is 71.9 Å². The Labute approximate surface area is 366 Å². The second-order valence-electron chi connectivity index (χ2n) is 19.6. The number of hydrogen-bond donors (Lipinski definition) is 3. The molecule has 2 bridgehead atoms. The number of aromatic nitrogens is 1. The van der Waals surface area contributed by atoms with Crippen molar-refractivity contribution in [1.82, 2.24) is 15.2 Å². The molecule has 63 heavy (non-hydrogen) atoms. The van der Waals surface area contributed by atoms with E-state index < -0.39 is 124 Å². The fraction of sp³-hybridized carbons (Fsp3) is 0.630. The summed E-state index contributed by atoms with van der Waals surface area (Å²) >= 11 is 0. The number of benzene rings is 1. The molecule has 4 fully saturated rings. The Morgan fingerprint density at radius 3 is 2.35 bits per heavy atom. The summed E-state index contributed by atoms with van der Waals surface area (Å²) in [6.45, 7) is 13.7. The quantitative estimate of drug-likeness (QED) is 0.170. The number of nitrogens with zero attached hydrogens (tertiary/aromatic N) is 2. The summed E-state index contributed by atoms with van der Waals surface area (Å²) in [5, 5.41) is 28.0. The molecule has 2 aromatic rings. The van der Waals surface area contributed by atoms with Crippen LogP contribution in [0.2, 0.25) is 0 Å². The monoisotopic (exact) mass is 881 g/mol. The van der Waals surface area contributed by atoms with Crippen molar-refractivity contribution in [3.8, 4) is 0 Å². The highest BCUT2D eigenvalue weighted by molar-refractivity contribution is 5.89. The number of amides is 1. The number of halogens is 1. The normalized spacial score (nSPS) is 34.1. The number of likely N-dealkylation sites (N-methyl/N-ethyl adjacent to an activating group) is 1. The number of esters is 3. The van der Waals surface area contributed by atoms with Crippen LogP contribution in [0, 0.1) is 22.6 Å². The van der Waals surface area contributed by atoms with Gasteiger partial charge in [0.2, 0.25) is 0 Å². The molecule has 1 aromatic carbocycles. The average molecular weight is 882 g/mol. The van der Waals surface area contributed by atoms with Crippen LogP contribution >= 0.6 is 0 Å². The van der Waals surface area contributed by atoms with Crippen molar-refractivity contribution in [1.29, 1.82) is 0 Å². The molecule has 16 nitrogen and oxygen atoms in total. The molecule has 344 valence electrons. The summed E-state index contributed by atoms with van der Waals surface area (Å²) < 4.78 is 59.7. The van der Waals surface area contributed by atoms with Crippen molar-refractivity contribution in [3.63, 3.8) is 0 Å². The Morgan fingerprint density at radius 1 is 1.05 bits per heavy atom. The fourth-order valence-electron chi connectivity index (χ4n) is 10.8. The molecule has 0 radical (unpaired) electrons. The third-order valence-corrected chi connectivity index (χ3v) is 13.6. The number of pyridine rings is 1. The minimum atomic E-state index is -2.24. The van der Waals surface area contributed by atoms with Crippen LogP contribution in [0.25, 0.3) is 0 Å². The van der Waals surface area contributed by atoms with Gasteiger partial charge in [0.05, 0.1) is 24.2 Å². The van der Waals surface area contributed by atoms with Crippen molar-refractivity contribution in [3.05, 3.63) is 76.9 Å². The lowest BCUT2D eigenvalue weighted by molar-refractivity contribution is -0.345. The lowest BCUT2D eigenvalue weighted by atomic mass is 9.45. The summed E-state index contributed by atoms with van der Waals surface area (Å²) in [6, 6.07) is 8.88. The van der Waals surface area contributed by atoms with Gasteiger partial charge in [-0.05, 0) is 90.0 Å². The van der Waals surface area contributed by atoms with Gasteiger partial charge in [-0.15, -0.1) is 0 Å². The predicted molar refractivity (Wildman–Crippen MR) is 221 cm³/mol. The highest BCUT2D eigenvalue weighted by Crippen LogP contribution is 2.66. The zero-order valence-electron chi connectivity index (χ0n) is 37.5. The zero-order valence-corrected chi connectivity index (χ0v) is 37.5. The Kier molecular flexibility index (Phi) is 12.4. The Hall–Kier alpha value is -4.52. The predicted octanol–water partition coefficient (Wildman–Crippen LogP) is 4.56. The Balaban J connectivity index is 1.38. The molecule has 7 rings (SSSR count). The van der Waals surface area contributed by atoms with Crippen LogP contribution in [0.3, 0.4) is 0 Å². The first-order valence-electron chi connectivity index (χ1n) is 21.4. The van der Waals surface area contributed by atoms with E-state index in [1.807, 2.05) is 25.9 Å². The van der Waals surface area contributed by atoms with E-state index in [0.29, 0.717) is 30.5 Å². The molecule has 2 saturated heterocycles. The van der Waals surface area contributed by atoms with Gasteiger partial charge in [-0.25, -0.2) is 18.8 Å². The molecule has 0 spiro atoms. The van der Waals surface area contributed by atoms with Gasteiger partial charge in [-0.2, -0.15) is 0 Å². The molecule has 1 amide bonds. The first-order valence-corrected chi connectivity index (χ1v) is 21.4. The molecule has 5 aliphatic rings. The molecule has 12 atom stereocenters. The number of nitrogens with one attached hydrogen (secondary N) is 1. The fourth-order valence-corrected chi connectivity index (χ4v) is 10.8. The van der Waals surface area contributed by atoms with Crippen LogP contribution in [0.15, 0.2) is 59.8 Å². The lowest BCUT2D eigenvalue weighted by Crippen LogP contribution is -2.79. The standard InChI is InChI=1S/C46H60FN3O13/c1-24-28(58-40(54)34(52)33(32-27(47)17-14-20-48-32)49-41(55)63-42(3,4)5)21-46(56)38(61-39(53)26-15-12-11-13-16-26)36-44(8,19-18-29-45(36,23-57-29)62-25(2)51)37-35(31(24)43(46,6)7)59-30(60-37)22-50(9)10/h11-17,20,28-30,33-38,52,56H,18-19,21-23H2,1-10H3,(H,49,55)/t28-,29+,30?,33-,34+,35?,36-,37?,38-,44+,45-,46+/m0/s1. The second kappa shape index (κ2) is 16.8. The first kappa shape index (κ1) is 46.5. The third-order valence-electron chi connectivity index (χ3n) is 13.6. The summed E-state index contributed by atoms with van der Waals surface area (Å²) in [4.78, 5) is 60.9. The van der Waals surface area contributed by atoms with E-state index in [9.17, 15) is 29.4 Å². The highest BCUT2D eigenvalue weighted by atomic mass is 19.1. The van der Waals surface area contributed by atoms with E-state index in [2.05, 4.69) is 10.3 Å². The van der Waals surface area contributed by atoms with E-state index in [4.69, 9.17) is 33.2 Å². The minimum absolute atomic E-state index is 0.0603. The molecule has 3 heterocycles. The molecule has 1 aromatic heterocycles. The van der Waals surface area contributed by atoms with Crippen LogP contribution < -0.4 is 5.32 Å². The van der Waals surface area contributed by atoms with Gasteiger partial charge < -0.3 is 53.6 Å². The van der Waals surface area contributed by atoms with Crippen molar-refractivity contribution in [2.45, 2.75) is 140 Å². The Bertz CT molecular complexity index is 2130. The van der Waals surface area contributed by atoms with Crippen LogP contribution in [-0.2, 0) is 42.7 Å². The van der Waals surface area contributed by atoms with Crippen molar-refractivity contribution in [2.75, 3.05) is 27.2 Å². The molecule has 2 aliphatic heterocycles. The molecule has 3 N–H and O–H groups in total. The molecule has 2 saturated carbocycles. The average Bonchev–Trinajstić information content (AvgIpc) is 3.59. The molecule has 17 heteroatoms. The van der Waals surface area contributed by atoms with E-state index in [1.165, 1.54) is 19.2 Å². The number of aliphatic hydroxyl groups is 2. The maximum Gasteiger partial charge on any atom is 0.408 e. The van der Waals surface area contributed by atoms with Gasteiger partial charge in [0, 0.05) is 36.9 Å².